The third kappa shape index (κ3) is 58.7. The number of phosphoric ester groups is 3. The maximum Gasteiger partial charge on any atom is 0.469 e. The largest absolute Gasteiger partial charge is 0.469 e. The predicted molar refractivity (Wildman–Crippen MR) is 423 cm³/mol. The van der Waals surface area contributed by atoms with Crippen LogP contribution in [0.3, 0.4) is 0 Å². The first-order chi connectivity index (χ1) is 60.2. The van der Waals surface area contributed by atoms with Crippen molar-refractivity contribution in [1.29, 1.82) is 0 Å². The highest BCUT2D eigenvalue weighted by atomic mass is 31.2. The van der Waals surface area contributed by atoms with Crippen LogP contribution >= 0.6 is 23.5 Å². The third-order valence-electron chi connectivity index (χ3n) is 17.8. The van der Waals surface area contributed by atoms with Gasteiger partial charge in [0, 0.05) is 57.3 Å². The summed E-state index contributed by atoms with van der Waals surface area (Å²) in [5, 5.41) is 103. The maximum atomic E-state index is 13.9. The predicted octanol–water partition coefficient (Wildman–Crippen LogP) is -8.93. The fourth-order valence-corrected chi connectivity index (χ4v) is 12.2. The van der Waals surface area contributed by atoms with E-state index >= 15 is 0 Å². The summed E-state index contributed by atoms with van der Waals surface area (Å²) in [7, 11) is -9.65. The lowest BCUT2D eigenvalue weighted by Crippen LogP contribution is -2.59. The van der Waals surface area contributed by atoms with Gasteiger partial charge in [0.25, 0.3) is 0 Å². The zero-order valence-corrected chi connectivity index (χ0v) is 73.1. The summed E-state index contributed by atoms with van der Waals surface area (Å²) in [5.41, 5.74) is -1.79. The lowest BCUT2D eigenvalue weighted by Gasteiger charge is -2.40. The van der Waals surface area contributed by atoms with Crippen molar-refractivity contribution in [1.82, 2.24) is 21.3 Å². The van der Waals surface area contributed by atoms with E-state index in [1.54, 1.807) is 0 Å². The average Bonchev–Trinajstić information content (AvgIpc) is 0.824. The summed E-state index contributed by atoms with van der Waals surface area (Å²) < 4.78 is 167. The monoisotopic (exact) mass is 1900 g/mol. The van der Waals surface area contributed by atoms with Gasteiger partial charge in [0.05, 0.1) is 257 Å². The Bertz CT molecular complexity index is 2720. The van der Waals surface area contributed by atoms with Gasteiger partial charge in [-0.05, 0) is 19.3 Å². The normalized spacial score (nSPS) is 23.6. The molecule has 0 aromatic rings. The molecule has 15 atom stereocenters. The Labute approximate surface area is 729 Å². The number of carbonyl (C=O) groups is 5. The fraction of sp³-hybridized carbons (Fsp3) is 0.929. The average molecular weight is 1900 g/mol. The number of rotatable bonds is 82. The van der Waals surface area contributed by atoms with Crippen LogP contribution < -0.4 is 21.3 Å². The Hall–Kier alpha value is -3.30. The van der Waals surface area contributed by atoms with Crippen molar-refractivity contribution in [3.05, 3.63) is 0 Å². The Balaban J connectivity index is 1.48. The van der Waals surface area contributed by atoms with Gasteiger partial charge in [0.2, 0.25) is 23.6 Å². The molecule has 3 rings (SSSR count). The molecule has 738 valence electrons. The summed E-state index contributed by atoms with van der Waals surface area (Å²) in [4.78, 5) is 119. The number of phosphoric acid groups is 3. The van der Waals surface area contributed by atoms with Crippen LogP contribution in [-0.4, -0.2) is 481 Å². The van der Waals surface area contributed by atoms with Crippen LogP contribution in [0.1, 0.15) is 51.4 Å². The van der Waals surface area contributed by atoms with Crippen LogP contribution in [0.25, 0.3) is 0 Å². The molecular weight excluding hydrogens is 1770 g/mol. The van der Waals surface area contributed by atoms with Crippen LogP contribution in [0, 0.1) is 0 Å². The molecule has 56 heteroatoms. The minimum atomic E-state index is -4.92. The zero-order chi connectivity index (χ0) is 92.7. The van der Waals surface area contributed by atoms with Crippen LogP contribution in [0.15, 0.2) is 0 Å². The van der Waals surface area contributed by atoms with E-state index in [1.165, 1.54) is 0 Å². The van der Waals surface area contributed by atoms with Crippen molar-refractivity contribution in [2.75, 3.05) is 271 Å². The van der Waals surface area contributed by atoms with E-state index in [0.717, 1.165) is 0 Å². The fourth-order valence-electron chi connectivity index (χ4n) is 11.2. The summed E-state index contributed by atoms with van der Waals surface area (Å²) >= 11 is 0. The molecule has 2 radical (unpaired) electrons. The standard InChI is InChI=1S/C70H132BN4O48P3/c71-53(76)4-12-99-17-22-104-27-28-105-23-18-100-13-5-57(80)75-70(6-1-54(77)72-9-14-101-19-24-106-29-32-109-35-38-112-41-44-115-67-64(87)61(84)58(81)50(121-67)47-118-124(90,91)92,7-2-55(78)73-10-15-102-20-25-107-30-33-110-36-39-113-42-45-116-68-65(88)62(85)59(82)51(122-68)48-119-125(93,94)95)8-3-56(79)74-11-16-103-21-26-108-31-34-111-37-40-114-43-46-117-69-66(89)63(86)60(83)52(123-69)49-120-126(96,97)98/h50-52,58-69,81-89H,1-49H2,(H,72,77)(H,73,78)(H,74,79)(H,75,80)(H2,90,91,92)(H2,93,94,95)(H2,96,97,98). The van der Waals surface area contributed by atoms with Crippen LogP contribution in [-0.2, 0) is 155 Å². The molecule has 3 saturated heterocycles. The van der Waals surface area contributed by atoms with E-state index in [-0.39, 0.29) is 302 Å². The molecule has 3 aliphatic heterocycles. The Kier molecular flexibility index (Phi) is 65.3. The number of aliphatic hydroxyl groups is 9. The lowest BCUT2D eigenvalue weighted by atomic mass is 9.83. The highest BCUT2D eigenvalue weighted by Gasteiger charge is 2.48. The number of ether oxygens (including phenoxy) is 22. The van der Waals surface area contributed by atoms with Crippen molar-refractivity contribution < 1.29 is 231 Å². The second kappa shape index (κ2) is 70.4. The van der Waals surface area contributed by atoms with E-state index in [1.807, 2.05) is 0 Å². The molecule has 19 N–H and O–H groups in total. The van der Waals surface area contributed by atoms with Crippen LogP contribution in [0.5, 0.6) is 0 Å². The second-order valence-electron chi connectivity index (χ2n) is 27.7. The number of aliphatic hydroxyl groups excluding tert-OH is 9. The number of hydrogen-bond donors (Lipinski definition) is 19. The number of hydrogen-bond acceptors (Lipinski definition) is 42. The van der Waals surface area contributed by atoms with Crippen LogP contribution in [0.2, 0.25) is 0 Å². The number of amides is 4. The molecule has 126 heavy (non-hydrogen) atoms. The molecule has 52 nitrogen and oxygen atoms in total. The highest BCUT2D eigenvalue weighted by Crippen LogP contribution is 2.39. The van der Waals surface area contributed by atoms with Gasteiger partial charge in [0.1, 0.15) is 73.2 Å². The van der Waals surface area contributed by atoms with Crippen molar-refractivity contribution in [2.45, 2.75) is 149 Å². The van der Waals surface area contributed by atoms with Gasteiger partial charge in [-0.2, -0.15) is 0 Å². The van der Waals surface area contributed by atoms with E-state index in [0.29, 0.717) is 0 Å². The van der Waals surface area contributed by atoms with E-state index in [9.17, 15) is 83.6 Å². The molecule has 3 heterocycles. The Morgan fingerprint density at radius 1 is 0.270 bits per heavy atom. The minimum Gasteiger partial charge on any atom is -0.387 e. The first-order valence-electron chi connectivity index (χ1n) is 40.9. The lowest BCUT2D eigenvalue weighted by molar-refractivity contribution is -0.301. The quantitative estimate of drug-likeness (QED) is 0.0153. The smallest absolute Gasteiger partial charge is 0.387 e. The van der Waals surface area contributed by atoms with E-state index in [4.69, 9.17) is 141 Å². The molecule has 0 saturated carbocycles. The Morgan fingerprint density at radius 3 is 0.698 bits per heavy atom. The third-order valence-corrected chi connectivity index (χ3v) is 19.2. The first kappa shape index (κ1) is 117. The van der Waals surface area contributed by atoms with Gasteiger partial charge < -0.3 is 206 Å². The molecular formula is C70H132BN4O48P3. The second-order valence-corrected chi connectivity index (χ2v) is 31.4. The first-order valence-corrected chi connectivity index (χ1v) is 45.5. The molecule has 3 aliphatic rings. The Morgan fingerprint density at radius 2 is 0.476 bits per heavy atom. The number of nitrogens with one attached hydrogen (secondary N) is 4. The van der Waals surface area contributed by atoms with Gasteiger partial charge >= 0.3 is 23.5 Å². The molecule has 0 spiro atoms. The van der Waals surface area contributed by atoms with Crippen molar-refractivity contribution >= 4 is 60.6 Å². The van der Waals surface area contributed by atoms with Gasteiger partial charge in [0.15, 0.2) is 26.7 Å². The van der Waals surface area contributed by atoms with Gasteiger partial charge in [-0.3, -0.25) is 32.7 Å². The van der Waals surface area contributed by atoms with E-state index in [2.05, 4.69) is 34.8 Å². The minimum absolute atomic E-state index is 0.00152. The zero-order valence-electron chi connectivity index (χ0n) is 70.4. The van der Waals surface area contributed by atoms with Gasteiger partial charge in [-0.25, -0.2) is 13.7 Å². The number of carbonyl (C=O) groups excluding carboxylic acids is 5. The van der Waals surface area contributed by atoms with Crippen molar-refractivity contribution in [2.24, 2.45) is 0 Å². The van der Waals surface area contributed by atoms with Crippen LogP contribution in [0.4, 0.5) is 0 Å². The van der Waals surface area contributed by atoms with Crippen molar-refractivity contribution in [3.63, 3.8) is 0 Å². The van der Waals surface area contributed by atoms with E-state index < -0.39 is 170 Å². The maximum absolute atomic E-state index is 13.9. The SMILES string of the molecule is [B]C(=O)CCOCCOCCOCCOCCC(=O)NC(CCC(=O)NCCOCCOCCOCCOCCOC1OC(COP(=O)(O)O)C(O)C(O)C1O)(CCC(=O)NCCOCCOCCOCCOCCOC1OC(COP(=O)(O)O)C(O)C(O)C1O)CCC(=O)NCCOCCOCCOCCOCCOC1OC(COP(=O)(O)O)C(O)C(O)C1O. The summed E-state index contributed by atoms with van der Waals surface area (Å²) in [6.07, 6.45) is -24.7. The molecule has 0 bridgehead atoms. The van der Waals surface area contributed by atoms with Crippen molar-refractivity contribution in [3.8, 4) is 0 Å². The molecule has 0 aromatic carbocycles. The highest BCUT2D eigenvalue weighted by molar-refractivity contribution is 7.46. The molecule has 0 aliphatic carbocycles. The summed E-state index contributed by atoms with van der Waals surface area (Å²) in [6.45, 7) is 2.33. The molecule has 0 aromatic heterocycles. The van der Waals surface area contributed by atoms with Gasteiger partial charge in [-0.1, -0.05) is 0 Å². The molecule has 3 fully saturated rings. The molecule has 4 amide bonds. The topological polar surface area (TPSA) is 719 Å². The van der Waals surface area contributed by atoms with Gasteiger partial charge in [-0.15, -0.1) is 0 Å². The summed E-state index contributed by atoms with van der Waals surface area (Å²) in [6, 6.07) is 0. The summed E-state index contributed by atoms with van der Waals surface area (Å²) in [5.74, 6) is -1.78. The molecule has 15 unspecified atom stereocenters.